The Labute approximate surface area is 228 Å². The van der Waals surface area contributed by atoms with E-state index in [1.54, 1.807) is 0 Å². The first-order valence-electron chi connectivity index (χ1n) is 13.9. The molecule has 1 amide bonds. The van der Waals surface area contributed by atoms with Crippen LogP contribution in [0.2, 0.25) is 0 Å². The standard InChI is InChI=1S/C29H36N6O4/c1-4-10-29(18-39-29)33-27(36)22-7-5-6-21(15-22)24-9-8-23-25(30-24)31-28(35-12-14-38-17-20(35)3)32-26(23)34-11-13-37-16-19(34)2/h5-9,15,19-20H,4,10-14,16-18H2,1-3H3,(H,33,36)/t19-,20-,29?/m0/s1. The quantitative estimate of drug-likeness (QED) is 0.458. The minimum atomic E-state index is -0.514. The van der Waals surface area contributed by atoms with Gasteiger partial charge < -0.3 is 29.3 Å². The number of pyridine rings is 1. The Bertz CT molecular complexity index is 1360. The Morgan fingerprint density at radius 1 is 1.03 bits per heavy atom. The Hall–Kier alpha value is -3.34. The minimum Gasteiger partial charge on any atom is -0.377 e. The van der Waals surface area contributed by atoms with Crippen LogP contribution in [-0.4, -0.2) is 84.8 Å². The number of morpholine rings is 2. The molecular weight excluding hydrogens is 496 g/mol. The van der Waals surface area contributed by atoms with Crippen LogP contribution >= 0.6 is 0 Å². The van der Waals surface area contributed by atoms with Crippen molar-refractivity contribution in [1.82, 2.24) is 20.3 Å². The lowest BCUT2D eigenvalue weighted by Crippen LogP contribution is -2.46. The lowest BCUT2D eigenvalue weighted by atomic mass is 10.1. The van der Waals surface area contributed by atoms with Gasteiger partial charge in [0.05, 0.1) is 56.2 Å². The van der Waals surface area contributed by atoms with E-state index in [2.05, 4.69) is 35.9 Å². The summed E-state index contributed by atoms with van der Waals surface area (Å²) in [5, 5.41) is 3.96. The van der Waals surface area contributed by atoms with Crippen LogP contribution in [0.4, 0.5) is 11.8 Å². The fourth-order valence-electron chi connectivity index (χ4n) is 5.43. The molecule has 0 bridgehead atoms. The number of hydrogen-bond donors (Lipinski definition) is 1. The van der Waals surface area contributed by atoms with E-state index in [4.69, 9.17) is 29.2 Å². The zero-order chi connectivity index (χ0) is 27.0. The first-order valence-corrected chi connectivity index (χ1v) is 13.9. The number of nitrogens with one attached hydrogen (secondary N) is 1. The van der Waals surface area contributed by atoms with Crippen molar-refractivity contribution >= 4 is 28.7 Å². The molecule has 5 heterocycles. The summed E-state index contributed by atoms with van der Waals surface area (Å²) in [4.78, 5) is 32.5. The largest absolute Gasteiger partial charge is 0.377 e. The number of epoxide rings is 1. The average Bonchev–Trinajstić information content (AvgIpc) is 3.71. The summed E-state index contributed by atoms with van der Waals surface area (Å²) in [5.41, 5.74) is 2.30. The second kappa shape index (κ2) is 10.7. The van der Waals surface area contributed by atoms with Crippen LogP contribution in [0.3, 0.4) is 0 Å². The molecule has 206 valence electrons. The van der Waals surface area contributed by atoms with Crippen molar-refractivity contribution in [2.75, 3.05) is 55.9 Å². The predicted molar refractivity (Wildman–Crippen MR) is 149 cm³/mol. The fraction of sp³-hybridized carbons (Fsp3) is 0.517. The first-order chi connectivity index (χ1) is 19.0. The molecule has 0 radical (unpaired) electrons. The van der Waals surface area contributed by atoms with Crippen LogP contribution in [0.5, 0.6) is 0 Å². The molecule has 39 heavy (non-hydrogen) atoms. The Balaban J connectivity index is 1.37. The SMILES string of the molecule is CCCC1(NC(=O)c2cccc(-c3ccc4c(N5CCOC[C@@H]5C)nc(N5CCOC[C@@H]5C)nc4n3)c2)CO1. The molecule has 10 heteroatoms. The fourth-order valence-corrected chi connectivity index (χ4v) is 5.43. The molecule has 1 N–H and O–H groups in total. The number of benzene rings is 1. The second-order valence-corrected chi connectivity index (χ2v) is 10.7. The minimum absolute atomic E-state index is 0.141. The lowest BCUT2D eigenvalue weighted by molar-refractivity contribution is 0.0885. The third-order valence-corrected chi connectivity index (χ3v) is 7.70. The average molecular weight is 533 g/mol. The smallest absolute Gasteiger partial charge is 0.253 e. The molecule has 3 fully saturated rings. The summed E-state index contributed by atoms with van der Waals surface area (Å²) in [5.74, 6) is 1.40. The van der Waals surface area contributed by atoms with Crippen molar-refractivity contribution in [3.05, 3.63) is 42.0 Å². The maximum Gasteiger partial charge on any atom is 0.253 e. The molecule has 1 unspecified atom stereocenters. The van der Waals surface area contributed by atoms with Gasteiger partial charge in [-0.3, -0.25) is 4.79 Å². The number of ether oxygens (including phenoxy) is 3. The number of rotatable bonds is 7. The highest BCUT2D eigenvalue weighted by atomic mass is 16.6. The highest BCUT2D eigenvalue weighted by molar-refractivity contribution is 5.96. The molecule has 0 saturated carbocycles. The number of fused-ring (bicyclic) bond motifs is 1. The third kappa shape index (κ3) is 5.28. The maximum atomic E-state index is 13.0. The number of anilines is 2. The number of aromatic nitrogens is 3. The number of nitrogens with zero attached hydrogens (tertiary/aromatic N) is 5. The Kier molecular flexibility index (Phi) is 7.09. The summed E-state index contributed by atoms with van der Waals surface area (Å²) in [6.07, 6.45) is 1.75. The molecule has 3 aliphatic heterocycles. The van der Waals surface area contributed by atoms with E-state index in [1.165, 1.54) is 0 Å². The predicted octanol–water partition coefficient (Wildman–Crippen LogP) is 3.40. The highest BCUT2D eigenvalue weighted by Crippen LogP contribution is 2.32. The van der Waals surface area contributed by atoms with Gasteiger partial charge in [-0.15, -0.1) is 0 Å². The first kappa shape index (κ1) is 25.9. The molecule has 3 saturated heterocycles. The van der Waals surface area contributed by atoms with E-state index in [0.29, 0.717) is 50.2 Å². The second-order valence-electron chi connectivity index (χ2n) is 10.7. The van der Waals surface area contributed by atoms with Crippen molar-refractivity contribution in [3.8, 4) is 11.3 Å². The Morgan fingerprint density at radius 3 is 2.46 bits per heavy atom. The number of carbonyl (C=O) groups is 1. The van der Waals surface area contributed by atoms with E-state index >= 15 is 0 Å². The number of hydrogen-bond acceptors (Lipinski definition) is 9. The van der Waals surface area contributed by atoms with E-state index in [-0.39, 0.29) is 18.0 Å². The van der Waals surface area contributed by atoms with Crippen LogP contribution in [0.15, 0.2) is 36.4 Å². The van der Waals surface area contributed by atoms with Crippen LogP contribution in [0.25, 0.3) is 22.3 Å². The van der Waals surface area contributed by atoms with Gasteiger partial charge in [0.15, 0.2) is 11.4 Å². The number of carbonyl (C=O) groups excluding carboxylic acids is 1. The van der Waals surface area contributed by atoms with Crippen molar-refractivity contribution in [1.29, 1.82) is 0 Å². The third-order valence-electron chi connectivity index (χ3n) is 7.70. The monoisotopic (exact) mass is 532 g/mol. The van der Waals surface area contributed by atoms with Gasteiger partial charge in [-0.1, -0.05) is 25.5 Å². The van der Waals surface area contributed by atoms with E-state index in [9.17, 15) is 4.79 Å². The van der Waals surface area contributed by atoms with Gasteiger partial charge in [0.2, 0.25) is 5.95 Å². The molecular formula is C29H36N6O4. The van der Waals surface area contributed by atoms with E-state index in [1.807, 2.05) is 36.4 Å². The van der Waals surface area contributed by atoms with E-state index < -0.39 is 5.72 Å². The number of amides is 1. The summed E-state index contributed by atoms with van der Waals surface area (Å²) in [7, 11) is 0. The van der Waals surface area contributed by atoms with Crippen LogP contribution < -0.4 is 15.1 Å². The van der Waals surface area contributed by atoms with Crippen LogP contribution in [0, 0.1) is 0 Å². The van der Waals surface area contributed by atoms with Gasteiger partial charge in [0, 0.05) is 24.2 Å². The molecule has 10 nitrogen and oxygen atoms in total. The van der Waals surface area contributed by atoms with Crippen molar-refractivity contribution in [2.45, 2.75) is 51.4 Å². The van der Waals surface area contributed by atoms with Crippen molar-refractivity contribution in [3.63, 3.8) is 0 Å². The maximum absolute atomic E-state index is 13.0. The molecule has 2 aromatic heterocycles. The molecule has 0 aliphatic carbocycles. The molecule has 3 atom stereocenters. The summed E-state index contributed by atoms with van der Waals surface area (Å²) in [6, 6.07) is 11.9. The molecule has 6 rings (SSSR count). The van der Waals surface area contributed by atoms with Gasteiger partial charge in [0.1, 0.15) is 5.82 Å². The summed E-state index contributed by atoms with van der Waals surface area (Å²) < 4.78 is 16.9. The van der Waals surface area contributed by atoms with Crippen LogP contribution in [0.1, 0.15) is 44.0 Å². The van der Waals surface area contributed by atoms with Gasteiger partial charge in [-0.2, -0.15) is 9.97 Å². The van der Waals surface area contributed by atoms with Gasteiger partial charge in [0.25, 0.3) is 5.91 Å². The van der Waals surface area contributed by atoms with Gasteiger partial charge in [-0.05, 0) is 44.5 Å². The summed E-state index contributed by atoms with van der Waals surface area (Å²) in [6.45, 7) is 11.0. The molecule has 0 spiro atoms. The van der Waals surface area contributed by atoms with Crippen molar-refractivity contribution < 1.29 is 19.0 Å². The topological polar surface area (TPSA) is 105 Å². The lowest BCUT2D eigenvalue weighted by Gasteiger charge is -2.37. The molecule has 1 aromatic carbocycles. The highest BCUT2D eigenvalue weighted by Gasteiger charge is 2.45. The molecule has 3 aromatic rings. The van der Waals surface area contributed by atoms with Gasteiger partial charge in [-0.25, -0.2) is 4.98 Å². The summed E-state index contributed by atoms with van der Waals surface area (Å²) >= 11 is 0. The normalized spacial score (nSPS) is 25.1. The Morgan fingerprint density at radius 2 is 1.77 bits per heavy atom. The van der Waals surface area contributed by atoms with E-state index in [0.717, 1.165) is 48.4 Å². The molecule has 3 aliphatic rings. The van der Waals surface area contributed by atoms with Gasteiger partial charge >= 0.3 is 0 Å². The zero-order valence-corrected chi connectivity index (χ0v) is 22.9. The van der Waals surface area contributed by atoms with Crippen molar-refractivity contribution in [2.24, 2.45) is 0 Å². The zero-order valence-electron chi connectivity index (χ0n) is 22.9. The van der Waals surface area contributed by atoms with Crippen LogP contribution in [-0.2, 0) is 14.2 Å².